The normalized spacial score (nSPS) is 16.4. The number of nitrogens with zero attached hydrogens (tertiary/aromatic N) is 7. The monoisotopic (exact) mass is 559 g/mol. The summed E-state index contributed by atoms with van der Waals surface area (Å²) in [7, 11) is 3.79. The van der Waals surface area contributed by atoms with Gasteiger partial charge in [0, 0.05) is 75.2 Å². The predicted octanol–water partition coefficient (Wildman–Crippen LogP) is 3.79. The van der Waals surface area contributed by atoms with E-state index >= 15 is 0 Å². The summed E-state index contributed by atoms with van der Waals surface area (Å²) < 4.78 is 12.3. The lowest BCUT2D eigenvalue weighted by molar-refractivity contribution is 0.122. The third kappa shape index (κ3) is 5.17. The Morgan fingerprint density at radius 1 is 1.05 bits per heavy atom. The second-order valence-electron chi connectivity index (χ2n) is 9.96. The number of methoxy groups -OCH3 is 1. The Labute approximate surface area is 237 Å². The van der Waals surface area contributed by atoms with Crippen molar-refractivity contribution in [2.75, 3.05) is 81.8 Å². The fourth-order valence-corrected chi connectivity index (χ4v) is 6.14. The Kier molecular flexibility index (Phi) is 7.46. The van der Waals surface area contributed by atoms with Crippen molar-refractivity contribution >= 4 is 50.2 Å². The molecule has 2 N–H and O–H groups in total. The Hall–Kier alpha value is -3.87. The van der Waals surface area contributed by atoms with E-state index in [0.29, 0.717) is 36.0 Å². The first-order chi connectivity index (χ1) is 19.5. The van der Waals surface area contributed by atoms with Crippen molar-refractivity contribution < 1.29 is 9.47 Å². The molecule has 2 aliphatic rings. The van der Waals surface area contributed by atoms with E-state index in [0.717, 1.165) is 77.4 Å². The summed E-state index contributed by atoms with van der Waals surface area (Å²) >= 11 is 1.70. The zero-order valence-electron chi connectivity index (χ0n) is 23.0. The first-order valence-electron chi connectivity index (χ1n) is 13.4. The van der Waals surface area contributed by atoms with E-state index < -0.39 is 0 Å². The van der Waals surface area contributed by atoms with Gasteiger partial charge in [0.1, 0.15) is 17.1 Å². The van der Waals surface area contributed by atoms with Crippen molar-refractivity contribution in [3.63, 3.8) is 0 Å². The van der Waals surface area contributed by atoms with Crippen molar-refractivity contribution in [2.45, 2.75) is 6.92 Å². The van der Waals surface area contributed by atoms with E-state index in [1.165, 1.54) is 6.21 Å². The largest absolute Gasteiger partial charge is 0.496 e. The molecule has 0 unspecified atom stereocenters. The average Bonchev–Trinajstić information content (AvgIpc) is 3.41. The van der Waals surface area contributed by atoms with Crippen molar-refractivity contribution in [3.8, 4) is 17.0 Å². The van der Waals surface area contributed by atoms with Gasteiger partial charge < -0.3 is 34.9 Å². The molecular weight excluding hydrogens is 526 g/mol. The second-order valence-corrected chi connectivity index (χ2v) is 11.0. The lowest BCUT2D eigenvalue weighted by Crippen LogP contribution is -2.44. The number of hydrogen-bond acceptors (Lipinski definition) is 12. The topological polar surface area (TPSA) is 116 Å². The number of thiazole rings is 1. The van der Waals surface area contributed by atoms with Crippen LogP contribution in [0, 0.1) is 12.3 Å². The fourth-order valence-electron chi connectivity index (χ4n) is 5.09. The van der Waals surface area contributed by atoms with Gasteiger partial charge >= 0.3 is 0 Å². The molecule has 11 nitrogen and oxygen atoms in total. The SMILES string of the molecule is COc1ccncc1-c1cc(Nc2cc3sc(N4CCN(C)CC4)nc3c(N3CCOCC3)n2)c(C=N)c(C)n1. The summed E-state index contributed by atoms with van der Waals surface area (Å²) in [5.41, 5.74) is 4.58. The average molecular weight is 560 g/mol. The Morgan fingerprint density at radius 2 is 1.85 bits per heavy atom. The number of ether oxygens (including phenoxy) is 2. The highest BCUT2D eigenvalue weighted by Crippen LogP contribution is 2.38. The van der Waals surface area contributed by atoms with E-state index in [2.05, 4.69) is 38.1 Å². The quantitative estimate of drug-likeness (QED) is 0.324. The van der Waals surface area contributed by atoms with Gasteiger partial charge in [-0.3, -0.25) is 9.97 Å². The van der Waals surface area contributed by atoms with Gasteiger partial charge in [-0.05, 0) is 26.1 Å². The van der Waals surface area contributed by atoms with Gasteiger partial charge in [-0.15, -0.1) is 0 Å². The second kappa shape index (κ2) is 11.3. The van der Waals surface area contributed by atoms with Gasteiger partial charge in [0.05, 0.1) is 42.0 Å². The standard InChI is InChI=1S/C28H33N9O2S/c1-18-19(16-29)21(14-22(31-18)20-17-30-5-4-23(20)38-3)32-25-15-24-26(27(33-25)36-10-12-39-13-11-36)34-28(40-24)37-8-6-35(2)7-9-37/h4-5,14-17,29H,6-13H2,1-3H3,(H,31,32,33). The minimum atomic E-state index is 0.661. The number of anilines is 4. The van der Waals surface area contributed by atoms with Gasteiger partial charge in [-0.2, -0.15) is 0 Å². The van der Waals surface area contributed by atoms with Gasteiger partial charge in [0.2, 0.25) is 0 Å². The third-order valence-electron chi connectivity index (χ3n) is 7.37. The molecular formula is C28H33N9O2S. The fraction of sp³-hybridized carbons (Fsp3) is 0.393. The van der Waals surface area contributed by atoms with Crippen LogP contribution in [0.25, 0.3) is 21.5 Å². The smallest absolute Gasteiger partial charge is 0.186 e. The molecule has 6 rings (SSSR count). The summed E-state index contributed by atoms with van der Waals surface area (Å²) in [6.45, 7) is 8.71. The summed E-state index contributed by atoms with van der Waals surface area (Å²) in [4.78, 5) is 26.2. The molecule has 6 heterocycles. The Balaban J connectivity index is 1.42. The van der Waals surface area contributed by atoms with Crippen molar-refractivity contribution in [1.82, 2.24) is 24.8 Å². The zero-order chi connectivity index (χ0) is 27.6. The van der Waals surface area contributed by atoms with E-state index in [9.17, 15) is 0 Å². The number of piperazine rings is 1. The molecule has 2 fully saturated rings. The summed E-state index contributed by atoms with van der Waals surface area (Å²) in [5, 5.41) is 12.7. The van der Waals surface area contributed by atoms with Crippen LogP contribution >= 0.6 is 11.3 Å². The molecule has 4 aromatic rings. The van der Waals surface area contributed by atoms with Gasteiger partial charge in [-0.25, -0.2) is 9.97 Å². The van der Waals surface area contributed by atoms with Crippen LogP contribution < -0.4 is 19.9 Å². The molecule has 0 radical (unpaired) electrons. The minimum absolute atomic E-state index is 0.661. The predicted molar refractivity (Wildman–Crippen MR) is 160 cm³/mol. The highest BCUT2D eigenvalue weighted by molar-refractivity contribution is 7.22. The molecule has 0 aromatic carbocycles. The zero-order valence-corrected chi connectivity index (χ0v) is 23.8. The summed E-state index contributed by atoms with van der Waals surface area (Å²) in [5.74, 6) is 2.24. The van der Waals surface area contributed by atoms with Crippen LogP contribution in [0.2, 0.25) is 0 Å². The van der Waals surface area contributed by atoms with Crippen molar-refractivity contribution in [2.24, 2.45) is 0 Å². The third-order valence-corrected chi connectivity index (χ3v) is 8.43. The molecule has 0 bridgehead atoms. The number of hydrogen-bond donors (Lipinski definition) is 2. The Morgan fingerprint density at radius 3 is 2.60 bits per heavy atom. The van der Waals surface area contributed by atoms with Crippen LogP contribution in [-0.4, -0.2) is 97.7 Å². The molecule has 0 atom stereocenters. The molecule has 0 saturated carbocycles. The number of aromatic nitrogens is 4. The molecule has 2 saturated heterocycles. The van der Waals surface area contributed by atoms with Crippen LogP contribution in [0.1, 0.15) is 11.3 Å². The molecule has 0 spiro atoms. The van der Waals surface area contributed by atoms with E-state index in [-0.39, 0.29) is 0 Å². The first-order valence-corrected chi connectivity index (χ1v) is 14.2. The van der Waals surface area contributed by atoms with Crippen LogP contribution in [-0.2, 0) is 4.74 Å². The minimum Gasteiger partial charge on any atom is -0.496 e. The maximum Gasteiger partial charge on any atom is 0.186 e. The number of fused-ring (bicyclic) bond motifs is 1. The number of nitrogens with one attached hydrogen (secondary N) is 2. The van der Waals surface area contributed by atoms with E-state index in [1.807, 2.05) is 19.1 Å². The van der Waals surface area contributed by atoms with Crippen LogP contribution in [0.3, 0.4) is 0 Å². The highest BCUT2D eigenvalue weighted by Gasteiger charge is 2.23. The molecule has 2 aliphatic heterocycles. The van der Waals surface area contributed by atoms with E-state index in [1.54, 1.807) is 30.8 Å². The lowest BCUT2D eigenvalue weighted by atomic mass is 10.1. The number of aryl methyl sites for hydroxylation is 1. The molecule has 12 heteroatoms. The number of pyridine rings is 3. The summed E-state index contributed by atoms with van der Waals surface area (Å²) in [6.07, 6.45) is 4.76. The maximum atomic E-state index is 8.11. The molecule has 40 heavy (non-hydrogen) atoms. The van der Waals surface area contributed by atoms with Gasteiger partial charge in [0.25, 0.3) is 0 Å². The summed E-state index contributed by atoms with van der Waals surface area (Å²) in [6, 6.07) is 5.80. The molecule has 0 aliphatic carbocycles. The van der Waals surface area contributed by atoms with Crippen molar-refractivity contribution in [3.05, 3.63) is 41.9 Å². The van der Waals surface area contributed by atoms with Gasteiger partial charge in [-0.1, -0.05) is 11.3 Å². The number of rotatable bonds is 7. The lowest BCUT2D eigenvalue weighted by Gasteiger charge is -2.32. The molecule has 4 aromatic heterocycles. The van der Waals surface area contributed by atoms with Crippen LogP contribution in [0.15, 0.2) is 30.6 Å². The number of likely N-dealkylation sites (N-methyl/N-ethyl adjacent to an activating group) is 1. The van der Waals surface area contributed by atoms with Crippen molar-refractivity contribution in [1.29, 1.82) is 5.41 Å². The molecule has 0 amide bonds. The molecule has 208 valence electrons. The van der Waals surface area contributed by atoms with Gasteiger partial charge in [0.15, 0.2) is 10.9 Å². The van der Waals surface area contributed by atoms with Crippen LogP contribution in [0.4, 0.5) is 22.5 Å². The van der Waals surface area contributed by atoms with Crippen LogP contribution in [0.5, 0.6) is 5.75 Å². The Bertz CT molecular complexity index is 1530. The van der Waals surface area contributed by atoms with E-state index in [4.69, 9.17) is 29.8 Å². The first kappa shape index (κ1) is 26.4. The number of morpholine rings is 1. The maximum absolute atomic E-state index is 8.11. The highest BCUT2D eigenvalue weighted by atomic mass is 32.1.